The molecule has 2 aliphatic rings. The van der Waals surface area contributed by atoms with E-state index in [0.29, 0.717) is 60.4 Å². The number of likely N-dealkylation sites (N-methyl/N-ethyl adjacent to an activating group) is 1. The maximum Gasteiger partial charge on any atom is 0.254 e. The second-order valence-corrected chi connectivity index (χ2v) is 12.2. The van der Waals surface area contributed by atoms with Crippen LogP contribution in [0.25, 0.3) is 10.9 Å². The average Bonchev–Trinajstić information content (AvgIpc) is 3.50. The maximum absolute atomic E-state index is 13.5. The molecule has 3 heterocycles. The van der Waals surface area contributed by atoms with Gasteiger partial charge in [-0.15, -0.1) is 0 Å². The average molecular weight is 611 g/mol. The summed E-state index contributed by atoms with van der Waals surface area (Å²) in [5.41, 5.74) is 2.71. The van der Waals surface area contributed by atoms with Gasteiger partial charge in [-0.1, -0.05) is 32.0 Å². The minimum Gasteiger partial charge on any atom is -0.493 e. The van der Waals surface area contributed by atoms with Crippen LogP contribution in [-0.4, -0.2) is 77.9 Å². The molecule has 2 aliphatic heterocycles. The highest BCUT2D eigenvalue weighted by molar-refractivity contribution is 5.98. The zero-order valence-electron chi connectivity index (χ0n) is 25.7. The van der Waals surface area contributed by atoms with Crippen LogP contribution in [0.3, 0.4) is 0 Å². The summed E-state index contributed by atoms with van der Waals surface area (Å²) in [6.07, 6.45) is 1.89. The zero-order valence-corrected chi connectivity index (χ0v) is 25.7. The predicted octanol–water partition coefficient (Wildman–Crippen LogP) is 5.00. The number of carbonyl (C=O) groups is 3. The van der Waals surface area contributed by atoms with Gasteiger partial charge in [0.25, 0.3) is 11.8 Å². The lowest BCUT2D eigenvalue weighted by atomic mass is 10.00. The number of carbonyl (C=O) groups excluding carboxylic acids is 3. The van der Waals surface area contributed by atoms with Crippen LogP contribution in [0.15, 0.2) is 72.9 Å². The number of nitrogens with one attached hydrogen (secondary N) is 2. The topological polar surface area (TPSA) is 113 Å². The normalized spacial score (nSPS) is 19.2. The van der Waals surface area contributed by atoms with Crippen molar-refractivity contribution in [2.45, 2.75) is 39.0 Å². The molecule has 4 aromatic rings. The number of nitrogens with zero attached hydrogens (tertiary/aromatic N) is 2. The van der Waals surface area contributed by atoms with E-state index in [1.54, 1.807) is 30.1 Å². The van der Waals surface area contributed by atoms with Crippen molar-refractivity contribution in [1.82, 2.24) is 20.1 Å². The number of benzene rings is 3. The first kappa shape index (κ1) is 30.2. The summed E-state index contributed by atoms with van der Waals surface area (Å²) >= 11 is 0. The molecule has 45 heavy (non-hydrogen) atoms. The van der Waals surface area contributed by atoms with E-state index < -0.39 is 6.10 Å². The summed E-state index contributed by atoms with van der Waals surface area (Å²) in [7, 11) is 1.59. The first-order valence-corrected chi connectivity index (χ1v) is 15.3. The Balaban J connectivity index is 1.26. The van der Waals surface area contributed by atoms with Crippen LogP contribution in [-0.2, 0) is 16.1 Å². The number of fused-ring (bicyclic) bond motifs is 6. The minimum absolute atomic E-state index is 0.0920. The largest absolute Gasteiger partial charge is 0.493 e. The number of rotatable bonds is 4. The van der Waals surface area contributed by atoms with E-state index in [1.165, 1.54) is 4.90 Å². The Morgan fingerprint density at radius 1 is 1.04 bits per heavy atom. The number of aromatic nitrogens is 1. The third-order valence-corrected chi connectivity index (χ3v) is 8.03. The number of piperidine rings is 1. The summed E-state index contributed by atoms with van der Waals surface area (Å²) < 4.78 is 18.5. The molecule has 6 rings (SSSR count). The second-order valence-electron chi connectivity index (χ2n) is 12.2. The van der Waals surface area contributed by atoms with Gasteiger partial charge in [0.15, 0.2) is 0 Å². The molecule has 3 aromatic carbocycles. The van der Waals surface area contributed by atoms with E-state index in [9.17, 15) is 14.4 Å². The van der Waals surface area contributed by atoms with Crippen molar-refractivity contribution in [2.24, 2.45) is 5.92 Å². The third-order valence-electron chi connectivity index (χ3n) is 8.03. The van der Waals surface area contributed by atoms with Crippen LogP contribution in [0.1, 0.15) is 46.5 Å². The molecule has 234 valence electrons. The summed E-state index contributed by atoms with van der Waals surface area (Å²) in [5.74, 6) is 1.11. The van der Waals surface area contributed by atoms with Crippen molar-refractivity contribution < 1.29 is 28.6 Å². The molecule has 3 amide bonds. The summed E-state index contributed by atoms with van der Waals surface area (Å²) in [5, 5.41) is 4.12. The molecule has 0 radical (unpaired) electrons. The van der Waals surface area contributed by atoms with E-state index in [2.05, 4.69) is 10.3 Å². The molecule has 1 aromatic heterocycles. The summed E-state index contributed by atoms with van der Waals surface area (Å²) in [4.78, 5) is 46.6. The Hall–Kier alpha value is -4.83. The smallest absolute Gasteiger partial charge is 0.254 e. The van der Waals surface area contributed by atoms with Gasteiger partial charge in [0.05, 0.1) is 31.9 Å². The lowest BCUT2D eigenvalue weighted by Crippen LogP contribution is -2.57. The van der Waals surface area contributed by atoms with Gasteiger partial charge in [-0.05, 0) is 65.8 Å². The molecule has 0 unspecified atom stereocenters. The predicted molar refractivity (Wildman–Crippen MR) is 170 cm³/mol. The summed E-state index contributed by atoms with van der Waals surface area (Å²) in [6.45, 7) is 5.45. The SMILES string of the molecule is CC(C)COc1cc2cc(c1)C(=O)N(C)CC(=O)N[C@H]1CCN(C(=O)c3ccc4cc[nH]c4c3)C[C@@H]1OCc1cccc(c1)O2. The molecule has 10 nitrogen and oxygen atoms in total. The van der Waals surface area contributed by atoms with Crippen LogP contribution in [0.4, 0.5) is 0 Å². The van der Waals surface area contributed by atoms with Gasteiger partial charge in [0.1, 0.15) is 17.2 Å². The Morgan fingerprint density at radius 3 is 2.76 bits per heavy atom. The van der Waals surface area contributed by atoms with Crippen LogP contribution < -0.4 is 14.8 Å². The monoisotopic (exact) mass is 610 g/mol. The van der Waals surface area contributed by atoms with Crippen LogP contribution >= 0.6 is 0 Å². The number of likely N-dealkylation sites (tertiary alicyclic amines) is 1. The van der Waals surface area contributed by atoms with Gasteiger partial charge in [-0.25, -0.2) is 0 Å². The quantitative estimate of drug-likeness (QED) is 0.337. The highest BCUT2D eigenvalue weighted by atomic mass is 16.5. The molecule has 2 atom stereocenters. The third kappa shape index (κ3) is 7.12. The fourth-order valence-corrected chi connectivity index (χ4v) is 5.70. The number of hydrogen-bond donors (Lipinski definition) is 2. The molecule has 0 saturated carbocycles. The Labute approximate surface area is 262 Å². The van der Waals surface area contributed by atoms with Crippen LogP contribution in [0.2, 0.25) is 0 Å². The van der Waals surface area contributed by atoms with Gasteiger partial charge >= 0.3 is 0 Å². The van der Waals surface area contributed by atoms with Gasteiger partial charge in [0.2, 0.25) is 5.91 Å². The molecule has 0 aliphatic carbocycles. The molecule has 1 saturated heterocycles. The van der Waals surface area contributed by atoms with Crippen LogP contribution in [0.5, 0.6) is 17.2 Å². The van der Waals surface area contributed by atoms with Gasteiger partial charge in [-0.2, -0.15) is 0 Å². The highest BCUT2D eigenvalue weighted by Gasteiger charge is 2.34. The first-order chi connectivity index (χ1) is 21.7. The molecule has 1 fully saturated rings. The summed E-state index contributed by atoms with van der Waals surface area (Å²) in [6, 6.07) is 19.9. The standard InChI is InChI=1S/C35H38N4O6/c1-22(2)20-43-28-14-26-15-29(17-28)45-27-6-4-5-23(13-27)21-44-32-18-39(12-10-30(32)37-33(40)19-38(3)34(26)41)35(42)25-8-7-24-9-11-36-31(24)16-25/h4-9,11,13-17,22,30,32,36H,10,12,18-21H2,1-3H3,(H,37,40)/t30-,32-/m0/s1. The van der Waals surface area contributed by atoms with Gasteiger partial charge in [0, 0.05) is 49.0 Å². The number of aromatic amines is 1. The van der Waals surface area contributed by atoms with Gasteiger partial charge in [-0.3, -0.25) is 14.4 Å². The molecule has 0 spiro atoms. The van der Waals surface area contributed by atoms with Crippen molar-refractivity contribution >= 4 is 28.6 Å². The lowest BCUT2D eigenvalue weighted by Gasteiger charge is -2.39. The number of ether oxygens (including phenoxy) is 3. The number of hydrogen-bond acceptors (Lipinski definition) is 6. The molecular weight excluding hydrogens is 572 g/mol. The van der Waals surface area contributed by atoms with Crippen molar-refractivity contribution in [2.75, 3.05) is 33.3 Å². The Morgan fingerprint density at radius 2 is 1.91 bits per heavy atom. The lowest BCUT2D eigenvalue weighted by molar-refractivity contribution is -0.124. The molecule has 10 heteroatoms. The minimum atomic E-state index is -0.465. The molecule has 4 bridgehead atoms. The highest BCUT2D eigenvalue weighted by Crippen LogP contribution is 2.30. The van der Waals surface area contributed by atoms with E-state index in [1.807, 2.05) is 68.6 Å². The van der Waals surface area contributed by atoms with Crippen molar-refractivity contribution in [3.8, 4) is 17.2 Å². The van der Waals surface area contributed by atoms with E-state index >= 15 is 0 Å². The zero-order chi connectivity index (χ0) is 31.5. The van der Waals surface area contributed by atoms with Crippen LogP contribution in [0, 0.1) is 5.92 Å². The molecule has 2 N–H and O–H groups in total. The van der Waals surface area contributed by atoms with Crippen molar-refractivity contribution in [1.29, 1.82) is 0 Å². The van der Waals surface area contributed by atoms with Crippen molar-refractivity contribution in [3.05, 3.63) is 89.6 Å². The van der Waals surface area contributed by atoms with Gasteiger partial charge < -0.3 is 34.3 Å². The first-order valence-electron chi connectivity index (χ1n) is 15.3. The van der Waals surface area contributed by atoms with E-state index in [0.717, 1.165) is 16.5 Å². The fraction of sp³-hybridized carbons (Fsp3) is 0.343. The second kappa shape index (κ2) is 13.0. The molecular formula is C35H38N4O6. The van der Waals surface area contributed by atoms with Crippen molar-refractivity contribution in [3.63, 3.8) is 0 Å². The fourth-order valence-electron chi connectivity index (χ4n) is 5.70. The van der Waals surface area contributed by atoms with E-state index in [4.69, 9.17) is 14.2 Å². The number of amides is 3. The van der Waals surface area contributed by atoms with E-state index in [-0.39, 0.29) is 36.9 Å². The Kier molecular flexibility index (Phi) is 8.75. The number of H-pyrrole nitrogens is 1. The maximum atomic E-state index is 13.5. The Bertz CT molecular complexity index is 1720.